The van der Waals surface area contributed by atoms with Gasteiger partial charge in [0.05, 0.1) is 13.7 Å². The van der Waals surface area contributed by atoms with Gasteiger partial charge in [-0.3, -0.25) is 4.79 Å². The lowest BCUT2D eigenvalue weighted by Gasteiger charge is -2.15. The molecule has 0 aliphatic carbocycles. The Morgan fingerprint density at radius 2 is 1.63 bits per heavy atom. The Labute approximate surface area is 226 Å². The zero-order valence-corrected chi connectivity index (χ0v) is 23.1. The molecular weight excluding hydrogens is 483 g/mol. The second-order valence-corrected chi connectivity index (χ2v) is 9.12. The van der Waals surface area contributed by atoms with Crippen LogP contribution in [0.3, 0.4) is 0 Å². The minimum Gasteiger partial charge on any atom is -0.497 e. The van der Waals surface area contributed by atoms with E-state index < -0.39 is 5.97 Å². The maximum atomic E-state index is 14.7. The van der Waals surface area contributed by atoms with Gasteiger partial charge in [0, 0.05) is 17.5 Å². The molecule has 0 spiro atoms. The number of rotatable bonds is 14. The third-order valence-corrected chi connectivity index (χ3v) is 5.70. The lowest BCUT2D eigenvalue weighted by molar-refractivity contribution is -0.136. The van der Waals surface area contributed by atoms with Crippen LogP contribution in [0, 0.1) is 5.82 Å². The zero-order valence-electron chi connectivity index (χ0n) is 23.1. The minimum atomic E-state index is -0.828. The molecule has 0 saturated carbocycles. The molecule has 0 heterocycles. The molecule has 0 aliphatic rings. The molecule has 0 atom stereocenters. The molecule has 3 aromatic carbocycles. The van der Waals surface area contributed by atoms with Gasteiger partial charge in [-0.15, -0.1) is 0 Å². The van der Waals surface area contributed by atoms with Crippen molar-refractivity contribution in [3.05, 3.63) is 77.6 Å². The van der Waals surface area contributed by atoms with Gasteiger partial charge < -0.3 is 19.3 Å². The summed E-state index contributed by atoms with van der Waals surface area (Å²) in [5, 5.41) is 8.90. The molecule has 0 unspecified atom stereocenters. The van der Waals surface area contributed by atoms with E-state index in [0.29, 0.717) is 48.0 Å². The predicted molar refractivity (Wildman–Crippen MR) is 151 cm³/mol. The first-order valence-corrected chi connectivity index (χ1v) is 13.4. The molecule has 0 fully saturated rings. The fourth-order valence-corrected chi connectivity index (χ4v) is 3.76. The number of aryl methyl sites for hydroxylation is 1. The molecule has 0 bridgehead atoms. The van der Waals surface area contributed by atoms with E-state index in [2.05, 4.69) is 20.8 Å². The van der Waals surface area contributed by atoms with Crippen LogP contribution in [0.15, 0.2) is 60.7 Å². The molecule has 0 saturated heterocycles. The van der Waals surface area contributed by atoms with Crippen molar-refractivity contribution in [3.8, 4) is 28.4 Å². The van der Waals surface area contributed by atoms with Crippen LogP contribution in [0.25, 0.3) is 11.1 Å². The number of carboxylic acid groups (broad SMARTS) is 1. The highest BCUT2D eigenvalue weighted by atomic mass is 19.1. The summed E-state index contributed by atoms with van der Waals surface area (Å²) in [4.78, 5) is 10.8. The second-order valence-electron chi connectivity index (χ2n) is 9.12. The van der Waals surface area contributed by atoms with Crippen molar-refractivity contribution in [3.63, 3.8) is 0 Å². The zero-order chi connectivity index (χ0) is 27.8. The first kappa shape index (κ1) is 30.7. The van der Waals surface area contributed by atoms with Gasteiger partial charge >= 0.3 is 5.97 Å². The van der Waals surface area contributed by atoms with E-state index in [1.165, 1.54) is 12.5 Å². The van der Waals surface area contributed by atoms with Crippen LogP contribution in [-0.4, -0.2) is 24.8 Å². The van der Waals surface area contributed by atoms with Crippen LogP contribution < -0.4 is 14.2 Å². The van der Waals surface area contributed by atoms with Crippen LogP contribution in [0.5, 0.6) is 17.2 Å². The van der Waals surface area contributed by atoms with Crippen molar-refractivity contribution < 1.29 is 28.5 Å². The second kappa shape index (κ2) is 17.1. The summed E-state index contributed by atoms with van der Waals surface area (Å²) in [7, 11) is 1.55. The summed E-state index contributed by atoms with van der Waals surface area (Å²) in [6, 6.07) is 17.7. The number of halogens is 1. The number of unbranched alkanes of at least 4 members (excludes halogenated alkanes) is 3. The summed E-state index contributed by atoms with van der Waals surface area (Å²) in [6.07, 6.45) is 6.08. The van der Waals surface area contributed by atoms with Crippen molar-refractivity contribution in [2.75, 3.05) is 13.7 Å². The molecule has 206 valence electrons. The Morgan fingerprint density at radius 1 is 0.842 bits per heavy atom. The number of aliphatic carboxylic acids is 1. The smallest absolute Gasteiger partial charge is 0.303 e. The third kappa shape index (κ3) is 10.4. The highest BCUT2D eigenvalue weighted by Gasteiger charge is 2.14. The lowest BCUT2D eigenvalue weighted by atomic mass is 10.0. The Kier molecular flexibility index (Phi) is 13.8. The Balaban J connectivity index is 0.00000161. The normalized spacial score (nSPS) is 10.3. The average Bonchev–Trinajstić information content (AvgIpc) is 2.92. The van der Waals surface area contributed by atoms with Crippen LogP contribution in [0.1, 0.15) is 70.4 Å². The van der Waals surface area contributed by atoms with Crippen LogP contribution in [0.4, 0.5) is 4.39 Å². The fraction of sp³-hybridized carbons (Fsp3) is 0.406. The summed E-state index contributed by atoms with van der Waals surface area (Å²) < 4.78 is 32.1. The molecule has 1 N–H and O–H groups in total. The number of benzene rings is 3. The topological polar surface area (TPSA) is 65.0 Å². The van der Waals surface area contributed by atoms with E-state index in [9.17, 15) is 9.18 Å². The van der Waals surface area contributed by atoms with Gasteiger partial charge in [-0.2, -0.15) is 0 Å². The quantitative estimate of drug-likeness (QED) is 0.214. The van der Waals surface area contributed by atoms with Crippen molar-refractivity contribution >= 4 is 5.97 Å². The van der Waals surface area contributed by atoms with Crippen molar-refractivity contribution in [1.82, 2.24) is 0 Å². The van der Waals surface area contributed by atoms with Crippen molar-refractivity contribution in [1.29, 1.82) is 0 Å². The van der Waals surface area contributed by atoms with Crippen LogP contribution >= 0.6 is 0 Å². The monoisotopic (exact) mass is 524 g/mol. The van der Waals surface area contributed by atoms with E-state index >= 15 is 0 Å². The molecule has 0 radical (unpaired) electrons. The molecule has 0 aliphatic heterocycles. The van der Waals surface area contributed by atoms with Crippen molar-refractivity contribution in [2.45, 2.75) is 72.3 Å². The molecule has 3 rings (SSSR count). The Bertz CT molecular complexity index is 1130. The largest absolute Gasteiger partial charge is 0.497 e. The fourth-order valence-electron chi connectivity index (χ4n) is 3.76. The van der Waals surface area contributed by atoms with Gasteiger partial charge in [-0.1, -0.05) is 70.7 Å². The maximum absolute atomic E-state index is 14.7. The van der Waals surface area contributed by atoms with Gasteiger partial charge in [-0.05, 0) is 60.4 Å². The molecule has 38 heavy (non-hydrogen) atoms. The van der Waals surface area contributed by atoms with E-state index in [1.807, 2.05) is 42.5 Å². The standard InChI is InChI=1S/C29H33FO5.C3H8/c1-3-4-5-6-16-34-28-18-22(10-13-25(28)26-19-23(33-2)12-14-27(26)30)20-35-24-9-7-8-21(17-24)11-15-29(31)32;1-3-2/h7-10,12-14,17-19H,3-6,11,15-16,20H2,1-2H3,(H,31,32);3H2,1-2H3. The SMILES string of the molecule is CCC.CCCCCCOc1cc(COc2cccc(CCC(=O)O)c2)ccc1-c1cc(OC)ccc1F. The first-order valence-electron chi connectivity index (χ1n) is 13.4. The van der Waals surface area contributed by atoms with Gasteiger partial charge in [0.25, 0.3) is 0 Å². The summed E-state index contributed by atoms with van der Waals surface area (Å²) in [5.41, 5.74) is 2.88. The number of carbonyl (C=O) groups is 1. The molecule has 6 heteroatoms. The molecule has 3 aromatic rings. The molecule has 0 aromatic heterocycles. The lowest BCUT2D eigenvalue weighted by Crippen LogP contribution is -2.02. The van der Waals surface area contributed by atoms with Crippen LogP contribution in [0.2, 0.25) is 0 Å². The van der Waals surface area contributed by atoms with E-state index in [4.69, 9.17) is 19.3 Å². The highest BCUT2D eigenvalue weighted by molar-refractivity contribution is 5.72. The van der Waals surface area contributed by atoms with E-state index in [1.54, 1.807) is 19.2 Å². The predicted octanol–water partition coefficient (Wildman–Crippen LogP) is 8.47. The Morgan fingerprint density at radius 3 is 2.34 bits per heavy atom. The van der Waals surface area contributed by atoms with Gasteiger partial charge in [0.2, 0.25) is 0 Å². The van der Waals surface area contributed by atoms with E-state index in [0.717, 1.165) is 36.8 Å². The number of hydrogen-bond acceptors (Lipinski definition) is 4. The number of ether oxygens (including phenoxy) is 3. The van der Waals surface area contributed by atoms with Crippen LogP contribution in [-0.2, 0) is 17.8 Å². The highest BCUT2D eigenvalue weighted by Crippen LogP contribution is 2.35. The molecule has 5 nitrogen and oxygen atoms in total. The van der Waals surface area contributed by atoms with Gasteiger partial charge in [0.15, 0.2) is 0 Å². The summed E-state index contributed by atoms with van der Waals surface area (Å²) in [5.74, 6) is 0.670. The molecule has 0 amide bonds. The first-order chi connectivity index (χ1) is 18.4. The average molecular weight is 525 g/mol. The van der Waals surface area contributed by atoms with Crippen molar-refractivity contribution in [2.24, 2.45) is 0 Å². The van der Waals surface area contributed by atoms with E-state index in [-0.39, 0.29) is 12.2 Å². The summed E-state index contributed by atoms with van der Waals surface area (Å²) >= 11 is 0. The van der Waals surface area contributed by atoms with Gasteiger partial charge in [0.1, 0.15) is 29.7 Å². The Hall–Kier alpha value is -3.54. The number of hydrogen-bond donors (Lipinski definition) is 1. The molecular formula is C32H41FO5. The minimum absolute atomic E-state index is 0.0741. The van der Waals surface area contributed by atoms with Gasteiger partial charge in [-0.25, -0.2) is 4.39 Å². The maximum Gasteiger partial charge on any atom is 0.303 e. The number of methoxy groups -OCH3 is 1. The summed E-state index contributed by atoms with van der Waals surface area (Å²) in [6.45, 7) is 7.26. The number of carboxylic acids is 1. The third-order valence-electron chi connectivity index (χ3n) is 5.70.